The Bertz CT molecular complexity index is 1610. The quantitative estimate of drug-likeness (QED) is 0.217. The third kappa shape index (κ3) is 4.33. The van der Waals surface area contributed by atoms with Gasteiger partial charge in [0.15, 0.2) is 15.0 Å². The number of primary amides is 1. The minimum Gasteiger partial charge on any atom is -0.351 e. The van der Waals surface area contributed by atoms with Gasteiger partial charge >= 0.3 is 6.03 Å². The lowest BCUT2D eigenvalue weighted by Gasteiger charge is -2.17. The molecule has 0 saturated heterocycles. The van der Waals surface area contributed by atoms with Crippen molar-refractivity contribution in [2.45, 2.75) is 9.79 Å². The summed E-state index contributed by atoms with van der Waals surface area (Å²) in [4.78, 5) is 15.0. The smallest absolute Gasteiger partial charge is 0.318 e. The van der Waals surface area contributed by atoms with E-state index >= 15 is 0 Å². The van der Waals surface area contributed by atoms with Gasteiger partial charge in [0.25, 0.3) is 0 Å². The van der Waals surface area contributed by atoms with Crippen LogP contribution in [0, 0.1) is 0 Å². The molecule has 178 valence electrons. The molecule has 0 aliphatic heterocycles. The van der Waals surface area contributed by atoms with Gasteiger partial charge in [-0.2, -0.15) is 5.21 Å². The fourth-order valence-corrected chi connectivity index (χ4v) is 6.35. The van der Waals surface area contributed by atoms with Crippen LogP contribution in [0.4, 0.5) is 9.93 Å². The highest BCUT2D eigenvalue weighted by atomic mass is 32.2. The third-order valence-corrected chi connectivity index (χ3v) is 8.32. The fraction of sp³-hybridized carbons (Fsp3) is 0.118. The van der Waals surface area contributed by atoms with Crippen LogP contribution in [0.15, 0.2) is 40.1 Å². The van der Waals surface area contributed by atoms with E-state index in [-0.39, 0.29) is 44.6 Å². The van der Waals surface area contributed by atoms with Gasteiger partial charge < -0.3 is 11.5 Å². The van der Waals surface area contributed by atoms with Crippen LogP contribution in [0.2, 0.25) is 0 Å². The standard InChI is InChI=1S/C17H17N9O5S3/c18-6-7-33(28,29)10-4-5-11(34(20,30)31)13(15-23-25-26-24-15)12(10)8-2-1-3-9-14(8)21-17(32-9)22-16(19)27/h1-5H,6-7,18H2,(H2,20,30,31)(H3,19,21,22,27)(H,23,24,25,26). The van der Waals surface area contributed by atoms with E-state index in [1.54, 1.807) is 18.2 Å². The molecule has 4 rings (SSSR count). The number of nitrogens with one attached hydrogen (secondary N) is 2. The minimum absolute atomic E-state index is 0.0529. The van der Waals surface area contributed by atoms with Crippen LogP contribution in [-0.4, -0.2) is 60.8 Å². The number of nitrogens with zero attached hydrogens (tertiary/aromatic N) is 4. The van der Waals surface area contributed by atoms with Gasteiger partial charge in [0.1, 0.15) is 0 Å². The van der Waals surface area contributed by atoms with E-state index in [0.717, 1.165) is 23.5 Å². The molecule has 2 aromatic heterocycles. The zero-order valence-electron chi connectivity index (χ0n) is 17.1. The monoisotopic (exact) mass is 523 g/mol. The number of carbonyl (C=O) groups excluding carboxylic acids is 1. The molecule has 0 radical (unpaired) electrons. The molecule has 2 aromatic carbocycles. The van der Waals surface area contributed by atoms with E-state index in [2.05, 4.69) is 30.9 Å². The molecular weight excluding hydrogens is 506 g/mol. The first-order valence-corrected chi connectivity index (χ1v) is 13.4. The van der Waals surface area contributed by atoms with E-state index in [1.165, 1.54) is 0 Å². The van der Waals surface area contributed by atoms with Gasteiger partial charge in [0.2, 0.25) is 15.8 Å². The number of sulfone groups is 1. The van der Waals surface area contributed by atoms with Gasteiger partial charge in [0.05, 0.1) is 31.3 Å². The van der Waals surface area contributed by atoms with Crippen molar-refractivity contribution in [3.63, 3.8) is 0 Å². The summed E-state index contributed by atoms with van der Waals surface area (Å²) in [6.07, 6.45) is 0. The molecule has 0 spiro atoms. The van der Waals surface area contributed by atoms with Crippen LogP contribution in [-0.2, 0) is 19.9 Å². The predicted octanol–water partition coefficient (Wildman–Crippen LogP) is 0.0138. The summed E-state index contributed by atoms with van der Waals surface area (Å²) < 4.78 is 51.8. The summed E-state index contributed by atoms with van der Waals surface area (Å²) in [5, 5.41) is 21.4. The van der Waals surface area contributed by atoms with Gasteiger partial charge in [-0.1, -0.05) is 23.5 Å². The molecule has 0 unspecified atom stereocenters. The number of H-pyrrole nitrogens is 1. The summed E-state index contributed by atoms with van der Waals surface area (Å²) in [7, 11) is -8.37. The molecule has 0 aliphatic rings. The summed E-state index contributed by atoms with van der Waals surface area (Å²) in [5.41, 5.74) is 11.0. The number of nitrogens with two attached hydrogens (primary N) is 3. The van der Waals surface area contributed by atoms with Crippen molar-refractivity contribution < 1.29 is 21.6 Å². The van der Waals surface area contributed by atoms with E-state index in [0.29, 0.717) is 4.70 Å². The highest BCUT2D eigenvalue weighted by molar-refractivity contribution is 7.91. The number of benzene rings is 2. The van der Waals surface area contributed by atoms with Crippen molar-refractivity contribution in [1.29, 1.82) is 0 Å². The average molecular weight is 524 g/mol. The zero-order chi connectivity index (χ0) is 24.7. The molecule has 0 atom stereocenters. The van der Waals surface area contributed by atoms with Crippen LogP contribution < -0.4 is 21.9 Å². The first kappa shape index (κ1) is 23.6. The summed E-state index contributed by atoms with van der Waals surface area (Å²) in [6.45, 7) is -0.177. The highest BCUT2D eigenvalue weighted by Crippen LogP contribution is 2.43. The Morgan fingerprint density at radius 3 is 2.44 bits per heavy atom. The van der Waals surface area contributed by atoms with Gasteiger partial charge in [-0.25, -0.2) is 31.8 Å². The van der Waals surface area contributed by atoms with Crippen LogP contribution in [0.25, 0.3) is 32.7 Å². The lowest BCUT2D eigenvalue weighted by atomic mass is 9.98. The Morgan fingerprint density at radius 2 is 1.82 bits per heavy atom. The number of sulfonamides is 1. The number of aromatic nitrogens is 5. The van der Waals surface area contributed by atoms with Crippen molar-refractivity contribution in [3.8, 4) is 22.5 Å². The average Bonchev–Trinajstić information content (AvgIpc) is 3.40. The molecule has 0 saturated carbocycles. The van der Waals surface area contributed by atoms with E-state index in [1.807, 2.05) is 0 Å². The molecular formula is C17H17N9O5S3. The van der Waals surface area contributed by atoms with E-state index in [4.69, 9.17) is 16.6 Å². The molecule has 0 bridgehead atoms. The number of hydrogen-bond acceptors (Lipinski definition) is 11. The number of hydrogen-bond donors (Lipinski definition) is 5. The lowest BCUT2D eigenvalue weighted by Crippen LogP contribution is -2.19. The van der Waals surface area contributed by atoms with Crippen molar-refractivity contribution in [2.75, 3.05) is 17.6 Å². The molecule has 0 fully saturated rings. The molecule has 4 aromatic rings. The normalized spacial score (nSPS) is 12.2. The Hall–Kier alpha value is -3.51. The zero-order valence-corrected chi connectivity index (χ0v) is 19.5. The number of para-hydroxylation sites is 1. The van der Waals surface area contributed by atoms with Gasteiger partial charge in [0, 0.05) is 17.7 Å². The second-order valence-corrected chi connectivity index (χ2v) is 11.5. The number of anilines is 1. The second kappa shape index (κ2) is 8.69. The number of carbonyl (C=O) groups is 1. The van der Waals surface area contributed by atoms with Crippen LogP contribution in [0.1, 0.15) is 0 Å². The second-order valence-electron chi connectivity index (χ2n) is 6.86. The van der Waals surface area contributed by atoms with Crippen molar-refractivity contribution in [3.05, 3.63) is 30.3 Å². The maximum absolute atomic E-state index is 13.2. The number of thiazole rings is 1. The molecule has 8 N–H and O–H groups in total. The Kier molecular flexibility index (Phi) is 6.04. The Labute approximate surface area is 196 Å². The SMILES string of the molecule is NCCS(=O)(=O)c1ccc(S(N)(=O)=O)c(-c2nn[nH]n2)c1-c1cccc2sc(NC(N)=O)nc12. The number of urea groups is 1. The van der Waals surface area contributed by atoms with Crippen LogP contribution >= 0.6 is 11.3 Å². The molecule has 2 heterocycles. The topological polar surface area (TPSA) is 243 Å². The van der Waals surface area contributed by atoms with Gasteiger partial charge in [-0.3, -0.25) is 5.32 Å². The first-order chi connectivity index (χ1) is 16.0. The summed E-state index contributed by atoms with van der Waals surface area (Å²) in [5.74, 6) is -0.617. The maximum atomic E-state index is 13.2. The minimum atomic E-state index is -4.36. The predicted molar refractivity (Wildman–Crippen MR) is 124 cm³/mol. The van der Waals surface area contributed by atoms with E-state index in [9.17, 15) is 21.6 Å². The number of primary sulfonamides is 1. The first-order valence-electron chi connectivity index (χ1n) is 9.35. The van der Waals surface area contributed by atoms with Crippen LogP contribution in [0.3, 0.4) is 0 Å². The van der Waals surface area contributed by atoms with Gasteiger partial charge in [-0.15, -0.1) is 10.2 Å². The number of rotatable bonds is 7. The van der Waals surface area contributed by atoms with Crippen molar-refractivity contribution in [2.24, 2.45) is 16.6 Å². The summed E-state index contributed by atoms with van der Waals surface area (Å²) >= 11 is 1.09. The summed E-state index contributed by atoms with van der Waals surface area (Å²) in [6, 6.07) is 6.22. The van der Waals surface area contributed by atoms with E-state index < -0.39 is 36.5 Å². The number of tetrazole rings is 1. The fourth-order valence-electron chi connectivity index (χ4n) is 3.39. The van der Waals surface area contributed by atoms with Crippen molar-refractivity contribution >= 4 is 52.6 Å². The number of fused-ring (bicyclic) bond motifs is 1. The molecule has 17 heteroatoms. The van der Waals surface area contributed by atoms with Gasteiger partial charge in [-0.05, 0) is 23.4 Å². The molecule has 14 nitrogen and oxygen atoms in total. The van der Waals surface area contributed by atoms with Crippen molar-refractivity contribution in [1.82, 2.24) is 25.6 Å². The Balaban J connectivity index is 2.19. The highest BCUT2D eigenvalue weighted by Gasteiger charge is 2.31. The lowest BCUT2D eigenvalue weighted by molar-refractivity contribution is 0.259. The van der Waals surface area contributed by atoms with Crippen LogP contribution in [0.5, 0.6) is 0 Å². The largest absolute Gasteiger partial charge is 0.351 e. The third-order valence-electron chi connectivity index (χ3n) is 4.64. The molecule has 0 aliphatic carbocycles. The Morgan fingerprint density at radius 1 is 1.09 bits per heavy atom. The molecule has 34 heavy (non-hydrogen) atoms. The maximum Gasteiger partial charge on any atom is 0.318 e. The number of aromatic amines is 1. The number of amides is 2. The molecule has 2 amide bonds.